The van der Waals surface area contributed by atoms with Crippen LogP contribution in [0.25, 0.3) is 0 Å². The first kappa shape index (κ1) is 22.9. The third kappa shape index (κ3) is 5.21. The van der Waals surface area contributed by atoms with Gasteiger partial charge in [0.2, 0.25) is 17.7 Å². The van der Waals surface area contributed by atoms with Crippen molar-refractivity contribution < 1.29 is 23.1 Å². The van der Waals surface area contributed by atoms with E-state index in [1.807, 2.05) is 18.7 Å². The van der Waals surface area contributed by atoms with E-state index >= 15 is 0 Å². The van der Waals surface area contributed by atoms with Crippen molar-refractivity contribution in [1.29, 1.82) is 0 Å². The Kier molecular flexibility index (Phi) is 6.87. The number of amides is 2. The Balaban J connectivity index is 1.46. The second-order valence-corrected chi connectivity index (χ2v) is 10.3. The summed E-state index contributed by atoms with van der Waals surface area (Å²) in [7, 11) is 0. The third-order valence-electron chi connectivity index (χ3n) is 7.66. The predicted molar refractivity (Wildman–Crippen MR) is 113 cm³/mol. The van der Waals surface area contributed by atoms with Gasteiger partial charge in [0.05, 0.1) is 19.1 Å². The first-order chi connectivity index (χ1) is 14.7. The van der Waals surface area contributed by atoms with Crippen LogP contribution in [0.5, 0.6) is 0 Å². The Morgan fingerprint density at radius 3 is 2.45 bits per heavy atom. The van der Waals surface area contributed by atoms with Crippen LogP contribution in [0.3, 0.4) is 0 Å². The molecule has 3 saturated heterocycles. The molecule has 1 aliphatic carbocycles. The van der Waals surface area contributed by atoms with Gasteiger partial charge in [0.1, 0.15) is 0 Å². The number of halogens is 2. The summed E-state index contributed by atoms with van der Waals surface area (Å²) in [5.41, 5.74) is 0. The largest absolute Gasteiger partial charge is 0.376 e. The Hall–Kier alpha value is -1.28. The van der Waals surface area contributed by atoms with Crippen LogP contribution < -0.4 is 5.32 Å². The molecule has 6 nitrogen and oxygen atoms in total. The molecule has 0 spiro atoms. The van der Waals surface area contributed by atoms with Gasteiger partial charge in [-0.25, -0.2) is 8.78 Å². The maximum atomic E-state index is 13.7. The van der Waals surface area contributed by atoms with Crippen molar-refractivity contribution >= 4 is 11.8 Å². The number of ether oxygens (including phenoxy) is 1. The quantitative estimate of drug-likeness (QED) is 0.689. The average Bonchev–Trinajstić information content (AvgIpc) is 3.41. The summed E-state index contributed by atoms with van der Waals surface area (Å²) in [6, 6.07) is 0.303. The summed E-state index contributed by atoms with van der Waals surface area (Å²) >= 11 is 0. The van der Waals surface area contributed by atoms with E-state index in [1.54, 1.807) is 0 Å². The van der Waals surface area contributed by atoms with E-state index in [-0.39, 0.29) is 60.7 Å². The van der Waals surface area contributed by atoms with Gasteiger partial charge in [0.25, 0.3) is 0 Å². The van der Waals surface area contributed by atoms with Crippen molar-refractivity contribution in [2.24, 2.45) is 11.8 Å². The van der Waals surface area contributed by atoms with Gasteiger partial charge in [-0.2, -0.15) is 0 Å². The number of rotatable bonds is 6. The SMILES string of the molecule is CC(C)NC(=O)C[C@@H]1OC[C@@H]2[C@H]1[C@H](CC(=O)N1CCCC1)CN2C1CCC(F)(F)CC1. The minimum absolute atomic E-state index is 0.0268. The zero-order chi connectivity index (χ0) is 22.2. The van der Waals surface area contributed by atoms with Gasteiger partial charge in [0, 0.05) is 62.9 Å². The van der Waals surface area contributed by atoms with Gasteiger partial charge in [-0.05, 0) is 45.4 Å². The number of hydrogen-bond donors (Lipinski definition) is 1. The average molecular weight is 442 g/mol. The third-order valence-corrected chi connectivity index (χ3v) is 7.66. The zero-order valence-corrected chi connectivity index (χ0v) is 18.8. The molecule has 4 rings (SSSR count). The highest BCUT2D eigenvalue weighted by atomic mass is 19.3. The number of alkyl halides is 2. The molecule has 31 heavy (non-hydrogen) atoms. The smallest absolute Gasteiger partial charge is 0.248 e. The first-order valence-electron chi connectivity index (χ1n) is 12.1. The van der Waals surface area contributed by atoms with E-state index in [0.29, 0.717) is 32.3 Å². The van der Waals surface area contributed by atoms with Crippen molar-refractivity contribution in [2.45, 2.75) is 95.4 Å². The summed E-state index contributed by atoms with van der Waals surface area (Å²) < 4.78 is 33.5. The molecule has 0 bridgehead atoms. The standard InChI is InChI=1S/C23H37F2N3O3/c1-15(2)26-20(29)12-19-22-16(11-21(30)27-9-3-4-10-27)13-28(18(22)14-31-19)17-5-7-23(24,25)8-6-17/h15-19,22H,3-14H2,1-2H3,(H,26,29)/t16-,18-,19+,22-/m1/s1. The second-order valence-electron chi connectivity index (χ2n) is 10.3. The van der Waals surface area contributed by atoms with Crippen LogP contribution in [0.2, 0.25) is 0 Å². The van der Waals surface area contributed by atoms with E-state index in [4.69, 9.17) is 4.74 Å². The molecule has 176 valence electrons. The normalized spacial score (nSPS) is 33.8. The Bertz CT molecular complexity index is 658. The summed E-state index contributed by atoms with van der Waals surface area (Å²) in [5.74, 6) is -2.17. The van der Waals surface area contributed by atoms with E-state index in [0.717, 1.165) is 32.5 Å². The molecule has 0 radical (unpaired) electrons. The molecule has 8 heteroatoms. The van der Waals surface area contributed by atoms with Crippen molar-refractivity contribution in [3.8, 4) is 0 Å². The molecule has 0 aromatic carbocycles. The van der Waals surface area contributed by atoms with E-state index in [1.165, 1.54) is 0 Å². The summed E-state index contributed by atoms with van der Waals surface area (Å²) in [6.45, 7) is 6.80. The van der Waals surface area contributed by atoms with E-state index in [9.17, 15) is 18.4 Å². The minimum Gasteiger partial charge on any atom is -0.376 e. The van der Waals surface area contributed by atoms with Crippen molar-refractivity contribution in [3.63, 3.8) is 0 Å². The highest BCUT2D eigenvalue weighted by Gasteiger charge is 2.53. The second kappa shape index (κ2) is 9.30. The topological polar surface area (TPSA) is 61.9 Å². The lowest BCUT2D eigenvalue weighted by Crippen LogP contribution is -2.45. The number of likely N-dealkylation sites (tertiary alicyclic amines) is 2. The predicted octanol–water partition coefficient (Wildman–Crippen LogP) is 2.81. The van der Waals surface area contributed by atoms with Gasteiger partial charge in [-0.1, -0.05) is 0 Å². The Labute approximate surface area is 184 Å². The number of fused-ring (bicyclic) bond motifs is 1. The lowest BCUT2D eigenvalue weighted by molar-refractivity contribution is -0.131. The highest BCUT2D eigenvalue weighted by Crippen LogP contribution is 2.45. The molecule has 0 aromatic rings. The van der Waals surface area contributed by atoms with Gasteiger partial charge >= 0.3 is 0 Å². The fraction of sp³-hybridized carbons (Fsp3) is 0.913. The summed E-state index contributed by atoms with van der Waals surface area (Å²) in [6.07, 6.45) is 3.51. The molecular formula is C23H37F2N3O3. The molecule has 3 aliphatic heterocycles. The lowest BCUT2D eigenvalue weighted by Gasteiger charge is -2.37. The summed E-state index contributed by atoms with van der Waals surface area (Å²) in [5, 5.41) is 2.94. The number of hydrogen-bond acceptors (Lipinski definition) is 4. The van der Waals surface area contributed by atoms with Crippen LogP contribution in [-0.2, 0) is 14.3 Å². The first-order valence-corrected chi connectivity index (χ1v) is 12.1. The lowest BCUT2D eigenvalue weighted by atomic mass is 9.84. The molecule has 3 heterocycles. The molecule has 4 aliphatic rings. The molecule has 0 aromatic heterocycles. The molecule has 1 N–H and O–H groups in total. The zero-order valence-electron chi connectivity index (χ0n) is 18.8. The van der Waals surface area contributed by atoms with Gasteiger partial charge in [-0.15, -0.1) is 0 Å². The van der Waals surface area contributed by atoms with Crippen LogP contribution in [0.4, 0.5) is 8.78 Å². The minimum atomic E-state index is -2.55. The molecule has 4 fully saturated rings. The van der Waals surface area contributed by atoms with Crippen LogP contribution in [-0.4, -0.2) is 78.0 Å². The van der Waals surface area contributed by atoms with Crippen LogP contribution >= 0.6 is 0 Å². The van der Waals surface area contributed by atoms with Crippen LogP contribution in [0.1, 0.15) is 65.2 Å². The van der Waals surface area contributed by atoms with E-state index < -0.39 is 5.92 Å². The molecular weight excluding hydrogens is 404 g/mol. The molecule has 2 amide bonds. The van der Waals surface area contributed by atoms with Crippen molar-refractivity contribution in [2.75, 3.05) is 26.2 Å². The van der Waals surface area contributed by atoms with Gasteiger partial charge < -0.3 is 15.0 Å². The van der Waals surface area contributed by atoms with Gasteiger partial charge in [0.15, 0.2) is 0 Å². The maximum Gasteiger partial charge on any atom is 0.248 e. The van der Waals surface area contributed by atoms with Gasteiger partial charge in [-0.3, -0.25) is 14.5 Å². The number of carbonyl (C=O) groups is 2. The van der Waals surface area contributed by atoms with Crippen LogP contribution in [0, 0.1) is 11.8 Å². The van der Waals surface area contributed by atoms with E-state index in [2.05, 4.69) is 10.2 Å². The fourth-order valence-corrected chi connectivity index (χ4v) is 6.21. The maximum absolute atomic E-state index is 13.7. The monoisotopic (exact) mass is 441 g/mol. The fourth-order valence-electron chi connectivity index (χ4n) is 6.21. The number of nitrogens with one attached hydrogen (secondary N) is 1. The molecule has 1 saturated carbocycles. The molecule has 0 unspecified atom stereocenters. The van der Waals surface area contributed by atoms with Crippen molar-refractivity contribution in [1.82, 2.24) is 15.1 Å². The Morgan fingerprint density at radius 2 is 1.81 bits per heavy atom. The Morgan fingerprint density at radius 1 is 1.13 bits per heavy atom. The highest BCUT2D eigenvalue weighted by molar-refractivity contribution is 5.77. The number of carbonyl (C=O) groups excluding carboxylic acids is 2. The van der Waals surface area contributed by atoms with Crippen LogP contribution in [0.15, 0.2) is 0 Å². The summed E-state index contributed by atoms with van der Waals surface area (Å²) in [4.78, 5) is 29.7. The molecule has 4 atom stereocenters. The number of nitrogens with zero attached hydrogens (tertiary/aromatic N) is 2. The van der Waals surface area contributed by atoms with Crippen molar-refractivity contribution in [3.05, 3.63) is 0 Å².